The molecule has 0 bridgehead atoms. The molecule has 2 aromatic heterocycles. The first-order valence-electron chi connectivity index (χ1n) is 6.48. The van der Waals surface area contributed by atoms with Crippen molar-refractivity contribution in [3.63, 3.8) is 0 Å². The van der Waals surface area contributed by atoms with E-state index in [2.05, 4.69) is 20.0 Å². The first kappa shape index (κ1) is 12.0. The van der Waals surface area contributed by atoms with Crippen LogP contribution in [0.15, 0.2) is 24.7 Å². The molecule has 0 saturated heterocycles. The van der Waals surface area contributed by atoms with Crippen LogP contribution in [-0.4, -0.2) is 25.2 Å². The van der Waals surface area contributed by atoms with Gasteiger partial charge >= 0.3 is 0 Å². The minimum Gasteiger partial charge on any atom is -0.341 e. The molecule has 19 heavy (non-hydrogen) atoms. The largest absolute Gasteiger partial charge is 0.341 e. The predicted octanol–water partition coefficient (Wildman–Crippen LogP) is 1.44. The van der Waals surface area contributed by atoms with Crippen molar-refractivity contribution in [3.8, 4) is 0 Å². The van der Waals surface area contributed by atoms with Gasteiger partial charge in [0, 0.05) is 19.3 Å². The van der Waals surface area contributed by atoms with E-state index in [1.807, 2.05) is 32.3 Å². The number of carbonyl (C=O) groups is 1. The summed E-state index contributed by atoms with van der Waals surface area (Å²) in [7, 11) is 1.82. The molecule has 1 amide bonds. The average molecular weight is 259 g/mol. The molecule has 1 atom stereocenters. The Bertz CT molecular complexity index is 596. The van der Waals surface area contributed by atoms with Crippen LogP contribution in [0.1, 0.15) is 48.2 Å². The van der Waals surface area contributed by atoms with Crippen LogP contribution < -0.4 is 5.32 Å². The van der Waals surface area contributed by atoms with Crippen molar-refractivity contribution in [1.82, 2.24) is 24.6 Å². The number of nitrogens with one attached hydrogen (secondary N) is 1. The van der Waals surface area contributed by atoms with Gasteiger partial charge in [-0.2, -0.15) is 5.10 Å². The van der Waals surface area contributed by atoms with Crippen molar-refractivity contribution < 1.29 is 4.79 Å². The Morgan fingerprint density at radius 1 is 1.53 bits per heavy atom. The number of carbonyl (C=O) groups excluding carboxylic acids is 1. The molecule has 100 valence electrons. The van der Waals surface area contributed by atoms with E-state index >= 15 is 0 Å². The quantitative estimate of drug-likeness (QED) is 0.903. The molecule has 6 heteroatoms. The summed E-state index contributed by atoms with van der Waals surface area (Å²) < 4.78 is 3.73. The van der Waals surface area contributed by atoms with Gasteiger partial charge in [-0.1, -0.05) is 0 Å². The second-order valence-corrected chi connectivity index (χ2v) is 4.97. The lowest BCUT2D eigenvalue weighted by molar-refractivity contribution is 0.0928. The highest BCUT2D eigenvalue weighted by molar-refractivity contribution is 5.93. The molecule has 6 nitrogen and oxygen atoms in total. The minimum absolute atomic E-state index is 0.0626. The average Bonchev–Trinajstić information content (AvgIpc) is 2.94. The highest BCUT2D eigenvalue weighted by Gasteiger charge is 2.27. The normalized spacial score (nSPS) is 16.3. The van der Waals surface area contributed by atoms with Crippen molar-refractivity contribution >= 4 is 5.91 Å². The topological polar surface area (TPSA) is 64.7 Å². The number of hydrogen-bond donors (Lipinski definition) is 1. The fraction of sp³-hybridized carbons (Fsp3) is 0.462. The van der Waals surface area contributed by atoms with E-state index in [0.29, 0.717) is 6.04 Å². The van der Waals surface area contributed by atoms with Crippen molar-refractivity contribution in [3.05, 3.63) is 36.2 Å². The molecule has 0 radical (unpaired) electrons. The van der Waals surface area contributed by atoms with Crippen LogP contribution in [0, 0.1) is 0 Å². The van der Waals surface area contributed by atoms with Gasteiger partial charge in [0.05, 0.1) is 6.04 Å². The lowest BCUT2D eigenvalue weighted by Crippen LogP contribution is -2.30. The minimum atomic E-state index is -0.164. The third-order valence-corrected chi connectivity index (χ3v) is 3.43. The van der Waals surface area contributed by atoms with Crippen LogP contribution in [0.5, 0.6) is 0 Å². The highest BCUT2D eigenvalue weighted by atomic mass is 16.2. The number of aromatic nitrogens is 4. The van der Waals surface area contributed by atoms with Gasteiger partial charge in [-0.25, -0.2) is 4.98 Å². The number of hydrogen-bond acceptors (Lipinski definition) is 3. The second kappa shape index (κ2) is 4.53. The Kier molecular flexibility index (Phi) is 2.85. The molecule has 1 aliphatic carbocycles. The molecule has 0 aromatic carbocycles. The van der Waals surface area contributed by atoms with Crippen LogP contribution in [0.25, 0.3) is 0 Å². The van der Waals surface area contributed by atoms with Crippen molar-refractivity contribution in [1.29, 1.82) is 0 Å². The van der Waals surface area contributed by atoms with E-state index in [4.69, 9.17) is 0 Å². The van der Waals surface area contributed by atoms with Crippen molar-refractivity contribution in [2.75, 3.05) is 0 Å². The fourth-order valence-corrected chi connectivity index (χ4v) is 2.29. The molecule has 2 heterocycles. The van der Waals surface area contributed by atoms with E-state index in [1.165, 1.54) is 6.33 Å². The summed E-state index contributed by atoms with van der Waals surface area (Å²) in [4.78, 5) is 16.4. The van der Waals surface area contributed by atoms with Gasteiger partial charge in [0.15, 0.2) is 0 Å². The van der Waals surface area contributed by atoms with Gasteiger partial charge in [0.1, 0.15) is 17.8 Å². The smallest absolute Gasteiger partial charge is 0.268 e. The van der Waals surface area contributed by atoms with Crippen molar-refractivity contribution in [2.45, 2.75) is 31.8 Å². The third kappa shape index (κ3) is 2.25. The molecule has 2 aromatic rings. The molecule has 3 rings (SSSR count). The second-order valence-electron chi connectivity index (χ2n) is 4.97. The van der Waals surface area contributed by atoms with Gasteiger partial charge in [-0.15, -0.1) is 0 Å². The van der Waals surface area contributed by atoms with Crippen LogP contribution in [0.2, 0.25) is 0 Å². The zero-order valence-electron chi connectivity index (χ0n) is 11.1. The Morgan fingerprint density at radius 3 is 2.95 bits per heavy atom. The maximum absolute atomic E-state index is 12.3. The number of nitrogens with zero attached hydrogens (tertiary/aromatic N) is 4. The fourth-order valence-electron chi connectivity index (χ4n) is 2.29. The van der Waals surface area contributed by atoms with Gasteiger partial charge in [-0.05, 0) is 31.9 Å². The standard InChI is InChI=1S/C13H17N5O/c1-9(12-14-8-15-17(12)2)16-13(19)11-4-3-7-18(11)10-5-6-10/h3-4,7-10H,5-6H2,1-2H3,(H,16,19). The van der Waals surface area contributed by atoms with Crippen LogP contribution >= 0.6 is 0 Å². The lowest BCUT2D eigenvalue weighted by atomic mass is 10.3. The number of rotatable bonds is 4. The Balaban J connectivity index is 1.74. The van der Waals surface area contributed by atoms with E-state index < -0.39 is 0 Å². The molecular weight excluding hydrogens is 242 g/mol. The van der Waals surface area contributed by atoms with Crippen LogP contribution in [0.3, 0.4) is 0 Å². The summed E-state index contributed by atoms with van der Waals surface area (Å²) in [5, 5.41) is 6.98. The van der Waals surface area contributed by atoms with Gasteiger partial charge in [0.25, 0.3) is 5.91 Å². The van der Waals surface area contributed by atoms with E-state index in [1.54, 1.807) is 4.68 Å². The molecule has 1 unspecified atom stereocenters. The molecule has 1 aliphatic rings. The lowest BCUT2D eigenvalue weighted by Gasteiger charge is -2.14. The predicted molar refractivity (Wildman–Crippen MR) is 69.6 cm³/mol. The zero-order chi connectivity index (χ0) is 13.4. The van der Waals surface area contributed by atoms with Gasteiger partial charge in [0.2, 0.25) is 0 Å². The molecular formula is C13H17N5O. The van der Waals surface area contributed by atoms with Gasteiger partial charge in [-0.3, -0.25) is 9.48 Å². The van der Waals surface area contributed by atoms with Gasteiger partial charge < -0.3 is 9.88 Å². The summed E-state index contributed by atoms with van der Waals surface area (Å²) >= 11 is 0. The van der Waals surface area contributed by atoms with E-state index in [9.17, 15) is 4.79 Å². The Morgan fingerprint density at radius 2 is 2.32 bits per heavy atom. The summed E-state index contributed by atoms with van der Waals surface area (Å²) in [5.41, 5.74) is 0.719. The molecule has 0 aliphatic heterocycles. The first-order chi connectivity index (χ1) is 9.16. The Hall–Kier alpha value is -2.11. The highest BCUT2D eigenvalue weighted by Crippen LogP contribution is 2.36. The summed E-state index contributed by atoms with van der Waals surface area (Å²) in [6.07, 6.45) is 5.78. The van der Waals surface area contributed by atoms with E-state index in [-0.39, 0.29) is 11.9 Å². The molecule has 0 spiro atoms. The van der Waals surface area contributed by atoms with Crippen LogP contribution in [-0.2, 0) is 7.05 Å². The Labute approximate surface area is 111 Å². The summed E-state index contributed by atoms with van der Waals surface area (Å²) in [6.45, 7) is 1.91. The summed E-state index contributed by atoms with van der Waals surface area (Å²) in [5.74, 6) is 0.685. The van der Waals surface area contributed by atoms with E-state index in [0.717, 1.165) is 24.4 Å². The SMILES string of the molecule is CC(NC(=O)c1cccn1C1CC1)c1ncnn1C. The molecule has 1 fully saturated rings. The maximum Gasteiger partial charge on any atom is 0.268 e. The first-order valence-corrected chi connectivity index (χ1v) is 6.48. The number of amides is 1. The number of aryl methyl sites for hydroxylation is 1. The zero-order valence-corrected chi connectivity index (χ0v) is 11.1. The monoisotopic (exact) mass is 259 g/mol. The molecule has 1 N–H and O–H groups in total. The maximum atomic E-state index is 12.3. The summed E-state index contributed by atoms with van der Waals surface area (Å²) in [6, 6.07) is 4.11. The van der Waals surface area contributed by atoms with Crippen LogP contribution in [0.4, 0.5) is 0 Å². The van der Waals surface area contributed by atoms with Crippen molar-refractivity contribution in [2.24, 2.45) is 7.05 Å². The molecule has 1 saturated carbocycles. The third-order valence-electron chi connectivity index (χ3n) is 3.43.